The van der Waals surface area contributed by atoms with Gasteiger partial charge in [-0.1, -0.05) is 13.3 Å². The minimum absolute atomic E-state index is 0.0833. The van der Waals surface area contributed by atoms with E-state index in [4.69, 9.17) is 4.74 Å². The van der Waals surface area contributed by atoms with E-state index in [-0.39, 0.29) is 34.0 Å². The number of unbranched alkanes of at least 4 members (excludes halogenated alkanes) is 1. The van der Waals surface area contributed by atoms with Gasteiger partial charge in [0.05, 0.1) is 24.1 Å². The Kier molecular flexibility index (Phi) is 8.64. The number of nitrogens with one attached hydrogen (secondary N) is 2. The first-order valence-corrected chi connectivity index (χ1v) is 15.5. The number of carbonyl (C=O) groups excluding carboxylic acids is 1. The minimum atomic E-state index is -3.22. The molecule has 1 aliphatic heterocycles. The molecule has 3 heterocycles. The number of ether oxygens (including phenoxy) is 1. The third kappa shape index (κ3) is 6.56. The number of benzene rings is 1. The lowest BCUT2D eigenvalue weighted by Gasteiger charge is -2.31. The second kappa shape index (κ2) is 12.2. The van der Waals surface area contributed by atoms with Crippen molar-refractivity contribution in [1.29, 1.82) is 0 Å². The lowest BCUT2D eigenvalue weighted by molar-refractivity contribution is 0.141. The lowest BCUT2D eigenvalue weighted by atomic mass is 9.99. The Morgan fingerprint density at radius 2 is 1.90 bits per heavy atom. The molecule has 220 valence electrons. The minimum Gasteiger partial charge on any atom is -0.450 e. The first-order valence-electron chi connectivity index (χ1n) is 14.0. The second-order valence-corrected chi connectivity index (χ2v) is 12.8. The molecule has 1 aliphatic carbocycles. The van der Waals surface area contributed by atoms with Crippen molar-refractivity contribution < 1.29 is 26.7 Å². The van der Waals surface area contributed by atoms with Crippen LogP contribution >= 0.6 is 0 Å². The zero-order chi connectivity index (χ0) is 29.1. The Morgan fingerprint density at radius 1 is 1.15 bits per heavy atom. The number of amides is 1. The fourth-order valence-corrected chi connectivity index (χ4v) is 6.88. The lowest BCUT2D eigenvalue weighted by Crippen LogP contribution is -2.43. The number of nitrogens with zero attached hydrogens (tertiary/aromatic N) is 4. The number of hydrogen-bond acceptors (Lipinski definition) is 8. The molecule has 1 amide bonds. The predicted molar refractivity (Wildman–Crippen MR) is 151 cm³/mol. The predicted octanol–water partition coefficient (Wildman–Crippen LogP) is 4.93. The van der Waals surface area contributed by atoms with Gasteiger partial charge in [0.15, 0.2) is 5.82 Å². The summed E-state index contributed by atoms with van der Waals surface area (Å²) in [5.41, 5.74) is 0.769. The van der Waals surface area contributed by atoms with E-state index in [2.05, 4.69) is 25.6 Å². The number of fused-ring (bicyclic) bond motifs is 1. The van der Waals surface area contributed by atoms with Gasteiger partial charge in [0.25, 0.3) is 0 Å². The fraction of sp³-hybridized carbons (Fsp3) is 0.500. The van der Waals surface area contributed by atoms with Gasteiger partial charge in [-0.2, -0.15) is 0 Å². The van der Waals surface area contributed by atoms with E-state index in [1.807, 2.05) is 6.92 Å². The summed E-state index contributed by atoms with van der Waals surface area (Å²) in [7, 11) is -3.22. The van der Waals surface area contributed by atoms with E-state index in [9.17, 15) is 17.6 Å². The second-order valence-electron chi connectivity index (χ2n) is 10.6. The van der Waals surface area contributed by atoms with Crippen LogP contribution < -0.4 is 10.6 Å². The van der Waals surface area contributed by atoms with Crippen LogP contribution in [0.25, 0.3) is 22.2 Å². The maximum atomic E-state index is 15.2. The first kappa shape index (κ1) is 29.1. The van der Waals surface area contributed by atoms with E-state index in [1.54, 1.807) is 23.4 Å². The molecule has 0 spiro atoms. The molecule has 1 saturated carbocycles. The monoisotopic (exact) mass is 588 g/mol. The van der Waals surface area contributed by atoms with Crippen LogP contribution in [0, 0.1) is 11.6 Å². The molecule has 1 unspecified atom stereocenters. The largest absolute Gasteiger partial charge is 0.450 e. The summed E-state index contributed by atoms with van der Waals surface area (Å²) in [4.78, 5) is 24.8. The number of piperidine rings is 1. The van der Waals surface area contributed by atoms with Gasteiger partial charge in [-0.25, -0.2) is 36.3 Å². The van der Waals surface area contributed by atoms with Crippen molar-refractivity contribution in [2.75, 3.05) is 25.0 Å². The summed E-state index contributed by atoms with van der Waals surface area (Å²) >= 11 is 0. The van der Waals surface area contributed by atoms with E-state index < -0.39 is 33.8 Å². The van der Waals surface area contributed by atoms with Crippen LogP contribution in [-0.4, -0.2) is 64.8 Å². The zero-order valence-corrected chi connectivity index (χ0v) is 23.9. The number of aromatic nitrogens is 3. The number of rotatable bonds is 10. The van der Waals surface area contributed by atoms with Crippen molar-refractivity contribution in [2.24, 2.45) is 0 Å². The number of pyridine rings is 1. The molecule has 0 bridgehead atoms. The normalized spacial score (nSPS) is 17.4. The van der Waals surface area contributed by atoms with E-state index in [0.717, 1.165) is 31.9 Å². The summed E-state index contributed by atoms with van der Waals surface area (Å²) < 4.78 is 62.0. The Morgan fingerprint density at radius 3 is 2.61 bits per heavy atom. The van der Waals surface area contributed by atoms with Crippen molar-refractivity contribution >= 4 is 33.0 Å². The Balaban J connectivity index is 1.35. The molecule has 41 heavy (non-hydrogen) atoms. The molecule has 0 radical (unpaired) electrons. The average molecular weight is 589 g/mol. The molecule has 2 aromatic heterocycles. The summed E-state index contributed by atoms with van der Waals surface area (Å²) in [6.07, 6.45) is 6.11. The third-order valence-corrected chi connectivity index (χ3v) is 9.87. The average Bonchev–Trinajstić information content (AvgIpc) is 3.81. The molecule has 2 fully saturated rings. The van der Waals surface area contributed by atoms with Crippen LogP contribution in [0.4, 0.5) is 19.5 Å². The van der Waals surface area contributed by atoms with Crippen LogP contribution in [-0.2, 0) is 14.8 Å². The molecule has 1 aromatic carbocycles. The van der Waals surface area contributed by atoms with Crippen LogP contribution in [0.2, 0.25) is 0 Å². The Bertz CT molecular complexity index is 1530. The highest BCUT2D eigenvalue weighted by Gasteiger charge is 2.41. The third-order valence-electron chi connectivity index (χ3n) is 7.47. The van der Waals surface area contributed by atoms with Crippen molar-refractivity contribution in [3.8, 4) is 11.3 Å². The maximum Gasteiger partial charge on any atom is 0.407 e. The van der Waals surface area contributed by atoms with Gasteiger partial charge in [-0.05, 0) is 62.8 Å². The van der Waals surface area contributed by atoms with E-state index in [1.165, 1.54) is 12.3 Å². The van der Waals surface area contributed by atoms with Gasteiger partial charge < -0.3 is 15.4 Å². The van der Waals surface area contributed by atoms with E-state index in [0.29, 0.717) is 43.5 Å². The van der Waals surface area contributed by atoms with Crippen LogP contribution in [0.15, 0.2) is 30.6 Å². The van der Waals surface area contributed by atoms with Gasteiger partial charge in [-0.3, -0.25) is 4.98 Å². The molecule has 5 rings (SSSR count). The first-order chi connectivity index (χ1) is 19.7. The number of anilines is 1. The molecule has 2 N–H and O–H groups in total. The van der Waals surface area contributed by atoms with Crippen LogP contribution in [0.3, 0.4) is 0 Å². The highest BCUT2D eigenvalue weighted by Crippen LogP contribution is 2.33. The molecule has 1 atom stereocenters. The van der Waals surface area contributed by atoms with Gasteiger partial charge >= 0.3 is 6.09 Å². The topological polar surface area (TPSA) is 126 Å². The molecule has 13 heteroatoms. The molecular weight excluding hydrogens is 554 g/mol. The van der Waals surface area contributed by atoms with Crippen molar-refractivity contribution in [3.05, 3.63) is 47.8 Å². The van der Waals surface area contributed by atoms with Crippen LogP contribution in [0.5, 0.6) is 0 Å². The Labute approximate surface area is 238 Å². The SMILES string of the molecule is CCCCOC(=O)NC(C)c1ccnc2c(F)cc(-c3nc(NC4CCN(S(=O)(=O)C5CC5)CC4)ncc3F)cc12. The maximum absolute atomic E-state index is 15.2. The molecule has 1 saturated heterocycles. The Hall–Kier alpha value is -3.45. The highest BCUT2D eigenvalue weighted by atomic mass is 32.2. The number of halogens is 2. The fourth-order valence-electron chi connectivity index (χ4n) is 5.00. The quantitative estimate of drug-likeness (QED) is 0.320. The van der Waals surface area contributed by atoms with Gasteiger partial charge in [0.1, 0.15) is 17.0 Å². The summed E-state index contributed by atoms with van der Waals surface area (Å²) in [5.74, 6) is -1.22. The van der Waals surface area contributed by atoms with Crippen molar-refractivity contribution in [1.82, 2.24) is 24.6 Å². The molecular formula is C28H34F2N6O4S. The number of hydrogen-bond donors (Lipinski definition) is 2. The smallest absolute Gasteiger partial charge is 0.407 e. The molecule has 2 aliphatic rings. The van der Waals surface area contributed by atoms with Crippen LogP contribution in [0.1, 0.15) is 64.0 Å². The number of alkyl carbamates (subject to hydrolysis) is 1. The summed E-state index contributed by atoms with van der Waals surface area (Å²) in [6, 6.07) is 3.81. The zero-order valence-electron chi connectivity index (χ0n) is 23.1. The van der Waals surface area contributed by atoms with Gasteiger partial charge in [0.2, 0.25) is 16.0 Å². The van der Waals surface area contributed by atoms with Crippen molar-refractivity contribution in [2.45, 2.75) is 69.7 Å². The summed E-state index contributed by atoms with van der Waals surface area (Å²) in [6.45, 7) is 4.83. The molecule has 3 aromatic rings. The molecule has 10 nitrogen and oxygen atoms in total. The van der Waals surface area contributed by atoms with Gasteiger partial charge in [-0.15, -0.1) is 0 Å². The number of carbonyl (C=O) groups is 1. The van der Waals surface area contributed by atoms with Crippen molar-refractivity contribution in [3.63, 3.8) is 0 Å². The summed E-state index contributed by atoms with van der Waals surface area (Å²) in [5, 5.41) is 6.09. The highest BCUT2D eigenvalue weighted by molar-refractivity contribution is 7.90. The van der Waals surface area contributed by atoms with Gasteiger partial charge in [0, 0.05) is 36.3 Å². The number of sulfonamides is 1. The van der Waals surface area contributed by atoms with E-state index >= 15 is 4.39 Å². The standard InChI is InChI=1S/C28H34F2N6O4S/c1-3-4-13-40-28(37)33-17(2)21-7-10-31-26-22(21)14-18(15-23(26)29)25-24(30)16-32-27(35-25)34-19-8-11-36(12-9-19)41(38,39)20-5-6-20/h7,10,14-17,19-20H,3-6,8-9,11-13H2,1-2H3,(H,33,37)(H,32,34,35).